The summed E-state index contributed by atoms with van der Waals surface area (Å²) in [4.78, 5) is 6.85. The molecule has 0 atom stereocenters. The van der Waals surface area contributed by atoms with Crippen molar-refractivity contribution in [2.24, 2.45) is 5.41 Å². The van der Waals surface area contributed by atoms with Gasteiger partial charge >= 0.3 is 0 Å². The quantitative estimate of drug-likeness (QED) is 0.719. The first-order valence-corrected chi connectivity index (χ1v) is 6.17. The second-order valence-electron chi connectivity index (χ2n) is 5.69. The summed E-state index contributed by atoms with van der Waals surface area (Å²) in [5.41, 5.74) is 4.39. The van der Waals surface area contributed by atoms with Crippen LogP contribution in [0.3, 0.4) is 0 Å². The van der Waals surface area contributed by atoms with E-state index in [1.54, 1.807) is 0 Å². The number of anilines is 1. The lowest BCUT2D eigenvalue weighted by atomic mass is 9.82. The Bertz CT molecular complexity index is 372. The molecule has 2 heteroatoms. The molecule has 0 bridgehead atoms. The van der Waals surface area contributed by atoms with Crippen molar-refractivity contribution in [3.63, 3.8) is 0 Å². The van der Waals surface area contributed by atoms with Crippen molar-refractivity contribution in [3.05, 3.63) is 23.5 Å². The van der Waals surface area contributed by atoms with Gasteiger partial charge in [-0.3, -0.25) is 4.98 Å². The number of piperidine rings is 1. The van der Waals surface area contributed by atoms with Crippen molar-refractivity contribution in [1.82, 2.24) is 4.98 Å². The molecule has 0 radical (unpaired) electrons. The van der Waals surface area contributed by atoms with Gasteiger partial charge in [0.1, 0.15) is 0 Å². The minimum Gasteiger partial charge on any atom is -0.371 e. The van der Waals surface area contributed by atoms with Gasteiger partial charge in [-0.25, -0.2) is 0 Å². The second kappa shape index (κ2) is 4.08. The van der Waals surface area contributed by atoms with Crippen LogP contribution in [0.1, 0.15) is 37.9 Å². The number of nitrogens with zero attached hydrogens (tertiary/aromatic N) is 2. The van der Waals surface area contributed by atoms with Crippen LogP contribution >= 0.6 is 0 Å². The molecule has 0 aromatic carbocycles. The lowest BCUT2D eigenvalue weighted by Crippen LogP contribution is -2.37. The monoisotopic (exact) mass is 218 g/mol. The number of pyridine rings is 1. The second-order valence-corrected chi connectivity index (χ2v) is 5.69. The van der Waals surface area contributed by atoms with Gasteiger partial charge in [-0.1, -0.05) is 13.8 Å². The van der Waals surface area contributed by atoms with Crippen LogP contribution in [-0.4, -0.2) is 18.1 Å². The van der Waals surface area contributed by atoms with Gasteiger partial charge in [0, 0.05) is 30.7 Å². The first-order chi connectivity index (χ1) is 7.49. The summed E-state index contributed by atoms with van der Waals surface area (Å²) in [5, 5.41) is 0. The molecule has 1 aliphatic rings. The summed E-state index contributed by atoms with van der Waals surface area (Å²) in [7, 11) is 0. The highest BCUT2D eigenvalue weighted by Gasteiger charge is 2.26. The summed E-state index contributed by atoms with van der Waals surface area (Å²) in [5.74, 6) is 0. The van der Waals surface area contributed by atoms with Crippen LogP contribution in [0.4, 0.5) is 5.69 Å². The van der Waals surface area contributed by atoms with E-state index in [0.717, 1.165) is 5.69 Å². The molecule has 1 aliphatic heterocycles. The lowest BCUT2D eigenvalue weighted by molar-refractivity contribution is 0.279. The van der Waals surface area contributed by atoms with E-state index >= 15 is 0 Å². The molecule has 1 fully saturated rings. The molecule has 1 aromatic heterocycles. The highest BCUT2D eigenvalue weighted by molar-refractivity contribution is 5.54. The summed E-state index contributed by atoms with van der Waals surface area (Å²) < 4.78 is 0. The van der Waals surface area contributed by atoms with E-state index in [0.29, 0.717) is 5.41 Å². The number of rotatable bonds is 1. The fourth-order valence-corrected chi connectivity index (χ4v) is 2.32. The number of hydrogen-bond acceptors (Lipinski definition) is 2. The fraction of sp³-hybridized carbons (Fsp3) is 0.643. The normalized spacial score (nSPS) is 19.9. The largest absolute Gasteiger partial charge is 0.371 e. The first-order valence-electron chi connectivity index (χ1n) is 6.17. The Hall–Kier alpha value is -1.05. The van der Waals surface area contributed by atoms with Crippen molar-refractivity contribution in [1.29, 1.82) is 0 Å². The Morgan fingerprint density at radius 3 is 2.44 bits per heavy atom. The summed E-state index contributed by atoms with van der Waals surface area (Å²) in [6.45, 7) is 11.4. The van der Waals surface area contributed by atoms with Crippen LogP contribution in [-0.2, 0) is 0 Å². The molecule has 2 rings (SSSR count). The summed E-state index contributed by atoms with van der Waals surface area (Å²) >= 11 is 0. The molecule has 0 aliphatic carbocycles. The Labute approximate surface area is 98.7 Å². The fourth-order valence-electron chi connectivity index (χ4n) is 2.32. The Balaban J connectivity index is 2.17. The SMILES string of the molecule is Cc1nccc(N2CCC(C)(C)CC2)c1C. The average Bonchev–Trinajstić information content (AvgIpc) is 2.23. The van der Waals surface area contributed by atoms with E-state index in [-0.39, 0.29) is 0 Å². The van der Waals surface area contributed by atoms with Crippen molar-refractivity contribution < 1.29 is 0 Å². The summed E-state index contributed by atoms with van der Waals surface area (Å²) in [6, 6.07) is 2.15. The van der Waals surface area contributed by atoms with Gasteiger partial charge in [-0.2, -0.15) is 0 Å². The van der Waals surface area contributed by atoms with Crippen LogP contribution in [0.15, 0.2) is 12.3 Å². The van der Waals surface area contributed by atoms with Gasteiger partial charge in [-0.05, 0) is 43.7 Å². The molecule has 2 nitrogen and oxygen atoms in total. The maximum Gasteiger partial charge on any atom is 0.0429 e. The van der Waals surface area contributed by atoms with Gasteiger partial charge in [0.15, 0.2) is 0 Å². The first kappa shape index (κ1) is 11.4. The molecular formula is C14H22N2. The van der Waals surface area contributed by atoms with E-state index in [1.807, 2.05) is 6.20 Å². The number of hydrogen-bond donors (Lipinski definition) is 0. The number of aromatic nitrogens is 1. The Morgan fingerprint density at radius 2 is 1.81 bits per heavy atom. The van der Waals surface area contributed by atoms with Gasteiger partial charge in [0.25, 0.3) is 0 Å². The highest BCUT2D eigenvalue weighted by atomic mass is 15.1. The molecule has 0 amide bonds. The van der Waals surface area contributed by atoms with Gasteiger partial charge in [0.2, 0.25) is 0 Å². The van der Waals surface area contributed by atoms with Crippen molar-refractivity contribution in [3.8, 4) is 0 Å². The van der Waals surface area contributed by atoms with Crippen LogP contribution in [0, 0.1) is 19.3 Å². The predicted molar refractivity (Wildman–Crippen MR) is 68.9 cm³/mol. The zero-order chi connectivity index (χ0) is 11.8. The molecule has 1 aromatic rings. The van der Waals surface area contributed by atoms with Crippen LogP contribution < -0.4 is 4.90 Å². The minimum atomic E-state index is 0.520. The third-order valence-corrected chi connectivity index (χ3v) is 3.89. The molecule has 2 heterocycles. The van der Waals surface area contributed by atoms with Crippen molar-refractivity contribution in [2.45, 2.75) is 40.5 Å². The lowest BCUT2D eigenvalue weighted by Gasteiger charge is -2.38. The molecule has 88 valence electrons. The van der Waals surface area contributed by atoms with Gasteiger partial charge < -0.3 is 4.90 Å². The molecule has 0 N–H and O–H groups in total. The van der Waals surface area contributed by atoms with Gasteiger partial charge in [0.05, 0.1) is 0 Å². The van der Waals surface area contributed by atoms with E-state index in [9.17, 15) is 0 Å². The topological polar surface area (TPSA) is 16.1 Å². The van der Waals surface area contributed by atoms with Crippen molar-refractivity contribution in [2.75, 3.05) is 18.0 Å². The predicted octanol–water partition coefficient (Wildman–Crippen LogP) is 3.32. The molecular weight excluding hydrogens is 196 g/mol. The molecule has 0 saturated carbocycles. The average molecular weight is 218 g/mol. The standard InChI is InChI=1S/C14H22N2/c1-11-12(2)15-8-5-13(11)16-9-6-14(3,4)7-10-16/h5,8H,6-7,9-10H2,1-4H3. The smallest absolute Gasteiger partial charge is 0.0429 e. The Kier molecular flexibility index (Phi) is 2.92. The molecule has 1 saturated heterocycles. The van der Waals surface area contributed by atoms with E-state index in [2.05, 4.69) is 43.6 Å². The zero-order valence-corrected chi connectivity index (χ0v) is 10.9. The van der Waals surface area contributed by atoms with E-state index in [1.165, 1.54) is 37.2 Å². The maximum atomic E-state index is 4.34. The highest BCUT2D eigenvalue weighted by Crippen LogP contribution is 2.33. The minimum absolute atomic E-state index is 0.520. The zero-order valence-electron chi connectivity index (χ0n) is 10.9. The third kappa shape index (κ3) is 2.21. The van der Waals surface area contributed by atoms with Crippen LogP contribution in [0.2, 0.25) is 0 Å². The van der Waals surface area contributed by atoms with E-state index in [4.69, 9.17) is 0 Å². The molecule has 0 unspecified atom stereocenters. The third-order valence-electron chi connectivity index (χ3n) is 3.89. The maximum absolute atomic E-state index is 4.34. The molecule has 0 spiro atoms. The number of aryl methyl sites for hydroxylation is 1. The van der Waals surface area contributed by atoms with Crippen molar-refractivity contribution >= 4 is 5.69 Å². The summed E-state index contributed by atoms with van der Waals surface area (Å²) in [6.07, 6.45) is 4.50. The Morgan fingerprint density at radius 1 is 1.19 bits per heavy atom. The molecule has 16 heavy (non-hydrogen) atoms. The van der Waals surface area contributed by atoms with E-state index < -0.39 is 0 Å². The van der Waals surface area contributed by atoms with Crippen LogP contribution in [0.5, 0.6) is 0 Å². The van der Waals surface area contributed by atoms with Crippen LogP contribution in [0.25, 0.3) is 0 Å². The van der Waals surface area contributed by atoms with Gasteiger partial charge in [-0.15, -0.1) is 0 Å².